The van der Waals surface area contributed by atoms with Crippen LogP contribution in [-0.2, 0) is 42.1 Å². The molecular formula is C32H28N4O4Pt2. The first-order valence-electron chi connectivity index (χ1n) is 12.6. The molecule has 4 aromatic carbocycles. The zero-order chi connectivity index (χ0) is 28.4. The van der Waals surface area contributed by atoms with E-state index in [1.807, 2.05) is 0 Å². The van der Waals surface area contributed by atoms with Crippen LogP contribution in [0.3, 0.4) is 0 Å². The number of hydrogen-bond acceptors (Lipinski definition) is 8. The van der Waals surface area contributed by atoms with Crippen molar-refractivity contribution in [2.24, 2.45) is 20.0 Å². The van der Waals surface area contributed by atoms with Gasteiger partial charge in [0.2, 0.25) is 0 Å². The van der Waals surface area contributed by atoms with Crippen molar-refractivity contribution in [3.05, 3.63) is 119 Å². The summed E-state index contributed by atoms with van der Waals surface area (Å²) < 4.78 is 0. The second kappa shape index (κ2) is 20.9. The summed E-state index contributed by atoms with van der Waals surface area (Å²) in [4.78, 5) is 16.6. The van der Waals surface area contributed by atoms with Gasteiger partial charge in [0.15, 0.2) is 0 Å². The van der Waals surface area contributed by atoms with Crippen LogP contribution in [0.2, 0.25) is 0 Å². The van der Waals surface area contributed by atoms with E-state index < -0.39 is 0 Å². The number of para-hydroxylation sites is 4. The monoisotopic (exact) mass is 922 g/mol. The number of rotatable bonds is 10. The van der Waals surface area contributed by atoms with E-state index in [9.17, 15) is 20.4 Å². The summed E-state index contributed by atoms with van der Waals surface area (Å²) >= 11 is 0. The van der Waals surface area contributed by atoms with E-state index in [4.69, 9.17) is 0 Å². The Hall–Kier alpha value is -3.86. The average Bonchev–Trinajstić information content (AvgIpc) is 2.96. The molecule has 0 amide bonds. The van der Waals surface area contributed by atoms with Crippen LogP contribution in [0.25, 0.3) is 0 Å². The fourth-order valence-electron chi connectivity index (χ4n) is 3.23. The van der Waals surface area contributed by atoms with Crippen LogP contribution in [0.15, 0.2) is 117 Å². The largest absolute Gasteiger partial charge is 2.00 e. The Morgan fingerprint density at radius 1 is 0.357 bits per heavy atom. The molecule has 0 N–H and O–H groups in total. The number of benzene rings is 4. The fraction of sp³-hybridized carbons (Fsp3) is 0.125. The summed E-state index contributed by atoms with van der Waals surface area (Å²) in [7, 11) is 0. The van der Waals surface area contributed by atoms with Gasteiger partial charge in [0, 0.05) is 24.9 Å². The molecule has 4 rings (SSSR count). The van der Waals surface area contributed by atoms with Gasteiger partial charge in [-0.05, 0) is 22.3 Å². The Morgan fingerprint density at radius 2 is 0.548 bits per heavy atom. The summed E-state index contributed by atoms with van der Waals surface area (Å²) in [6.07, 6.45) is 6.22. The first kappa shape index (κ1) is 36.2. The number of hydrogen-bond donors (Lipinski definition) is 0. The first-order valence-corrected chi connectivity index (χ1v) is 12.6. The van der Waals surface area contributed by atoms with Crippen molar-refractivity contribution in [2.75, 3.05) is 26.2 Å². The molecule has 4 aromatic rings. The molecule has 10 heteroatoms. The zero-order valence-corrected chi connectivity index (χ0v) is 27.0. The van der Waals surface area contributed by atoms with E-state index in [0.717, 1.165) is 0 Å². The van der Waals surface area contributed by atoms with Gasteiger partial charge in [0.05, 0.1) is 26.2 Å². The van der Waals surface area contributed by atoms with Crippen LogP contribution < -0.4 is 20.4 Å². The van der Waals surface area contributed by atoms with Crippen molar-refractivity contribution in [2.45, 2.75) is 0 Å². The standard InChI is InChI=1S/2C16H16N2O2.2Pt/c2*19-15-7-3-1-5-13(15)11-17-9-10-18-12-14-6-2-4-8-16(14)20;;/h2*1-8,11-12,19-20H,9-10H2;;/q;;2*+2/p-4. The van der Waals surface area contributed by atoms with Crippen LogP contribution in [0, 0.1) is 0 Å². The predicted molar refractivity (Wildman–Crippen MR) is 153 cm³/mol. The number of aliphatic imine (C=N–C) groups is 4. The third-order valence-electron chi connectivity index (χ3n) is 5.31. The van der Waals surface area contributed by atoms with E-state index in [2.05, 4.69) is 20.0 Å². The summed E-state index contributed by atoms with van der Waals surface area (Å²) in [5.74, 6) is -0.167. The van der Waals surface area contributed by atoms with Gasteiger partial charge in [0.1, 0.15) is 0 Å². The Kier molecular flexibility index (Phi) is 18.0. The van der Waals surface area contributed by atoms with Gasteiger partial charge < -0.3 is 20.4 Å². The Labute approximate surface area is 274 Å². The molecule has 0 aliphatic carbocycles. The molecule has 42 heavy (non-hydrogen) atoms. The first-order chi connectivity index (χ1) is 19.5. The molecule has 0 saturated heterocycles. The van der Waals surface area contributed by atoms with Gasteiger partial charge >= 0.3 is 42.1 Å². The van der Waals surface area contributed by atoms with Gasteiger partial charge in [-0.3, -0.25) is 20.0 Å². The quantitative estimate of drug-likeness (QED) is 0.178. The molecule has 0 atom stereocenters. The molecule has 0 heterocycles. The van der Waals surface area contributed by atoms with Crippen molar-refractivity contribution in [3.8, 4) is 23.0 Å². The molecule has 0 aliphatic heterocycles. The molecule has 0 radical (unpaired) electrons. The third kappa shape index (κ3) is 13.2. The molecular weight excluding hydrogens is 895 g/mol. The topological polar surface area (TPSA) is 142 Å². The van der Waals surface area contributed by atoms with Gasteiger partial charge in [-0.2, -0.15) is 0 Å². The predicted octanol–water partition coefficient (Wildman–Crippen LogP) is 2.74. The second-order valence-corrected chi connectivity index (χ2v) is 8.29. The Morgan fingerprint density at radius 3 is 0.738 bits per heavy atom. The van der Waals surface area contributed by atoms with Crippen LogP contribution in [0.5, 0.6) is 23.0 Å². The fourth-order valence-corrected chi connectivity index (χ4v) is 3.23. The van der Waals surface area contributed by atoms with Gasteiger partial charge in [-0.1, -0.05) is 97.1 Å². The van der Waals surface area contributed by atoms with E-state index in [1.165, 1.54) is 24.3 Å². The maximum atomic E-state index is 11.4. The molecule has 8 nitrogen and oxygen atoms in total. The van der Waals surface area contributed by atoms with E-state index in [1.54, 1.807) is 97.7 Å². The van der Waals surface area contributed by atoms with E-state index >= 15 is 0 Å². The van der Waals surface area contributed by atoms with Crippen molar-refractivity contribution < 1.29 is 62.6 Å². The summed E-state index contributed by atoms with van der Waals surface area (Å²) in [6, 6.07) is 26.9. The minimum Gasteiger partial charge on any atom is -0.872 e. The number of nitrogens with zero attached hydrogens (tertiary/aromatic N) is 4. The zero-order valence-electron chi connectivity index (χ0n) is 22.4. The molecule has 0 spiro atoms. The average molecular weight is 923 g/mol. The Balaban J connectivity index is 0.000000401. The molecule has 0 aliphatic rings. The SMILES string of the molecule is [O-]c1ccccc1C=NCCN=Cc1ccccc1[O-].[O-]c1ccccc1C=NCCN=Cc1ccccc1[O-].[Pt+2].[Pt+2]. The minimum absolute atomic E-state index is 0. The van der Waals surface area contributed by atoms with Crippen LogP contribution in [0.4, 0.5) is 0 Å². The van der Waals surface area contributed by atoms with Crippen molar-refractivity contribution in [1.29, 1.82) is 0 Å². The van der Waals surface area contributed by atoms with Gasteiger partial charge in [-0.25, -0.2) is 0 Å². The molecule has 0 saturated carbocycles. The van der Waals surface area contributed by atoms with E-state index in [-0.39, 0.29) is 65.1 Å². The molecule has 0 aromatic heterocycles. The van der Waals surface area contributed by atoms with Gasteiger partial charge in [0.25, 0.3) is 0 Å². The summed E-state index contributed by atoms with van der Waals surface area (Å²) in [5, 5.41) is 45.6. The Bertz CT molecular complexity index is 1250. The molecule has 0 bridgehead atoms. The maximum Gasteiger partial charge on any atom is 2.00 e. The van der Waals surface area contributed by atoms with Crippen molar-refractivity contribution in [3.63, 3.8) is 0 Å². The van der Waals surface area contributed by atoms with Crippen molar-refractivity contribution in [1.82, 2.24) is 0 Å². The molecule has 0 fully saturated rings. The second-order valence-electron chi connectivity index (χ2n) is 8.29. The van der Waals surface area contributed by atoms with E-state index in [0.29, 0.717) is 48.4 Å². The molecule has 220 valence electrons. The molecule has 0 unspecified atom stereocenters. The smallest absolute Gasteiger partial charge is 0.872 e. The maximum absolute atomic E-state index is 11.4. The summed E-state index contributed by atoms with van der Waals surface area (Å²) in [5.41, 5.74) is 2.28. The van der Waals surface area contributed by atoms with Gasteiger partial charge in [-0.15, -0.1) is 23.0 Å². The van der Waals surface area contributed by atoms with Crippen molar-refractivity contribution >= 4 is 24.9 Å². The van der Waals surface area contributed by atoms with Crippen LogP contribution in [-0.4, -0.2) is 51.0 Å². The normalized spacial score (nSPS) is 10.9. The summed E-state index contributed by atoms with van der Waals surface area (Å²) in [6.45, 7) is 1.91. The minimum atomic E-state index is -0.0416. The third-order valence-corrected chi connectivity index (χ3v) is 5.31. The van der Waals surface area contributed by atoms with Crippen LogP contribution in [0.1, 0.15) is 22.3 Å². The van der Waals surface area contributed by atoms with Crippen LogP contribution >= 0.6 is 0 Å².